The highest BCUT2D eigenvalue weighted by atomic mass is 15.2. The van der Waals surface area contributed by atoms with E-state index in [-0.39, 0.29) is 0 Å². The van der Waals surface area contributed by atoms with Gasteiger partial charge in [0.05, 0.1) is 0 Å². The standard InChI is InChI=1S/C17H28N2/c1-3-9-17(15-10-5-4-6-11-15)18-14-16-12-7-8-13-19(16)2/h4-6,10-11,16-18H,3,7-9,12-14H2,1-2H3. The fraction of sp³-hybridized carbons (Fsp3) is 0.647. The number of nitrogens with one attached hydrogen (secondary N) is 1. The van der Waals surface area contributed by atoms with Gasteiger partial charge in [-0.1, -0.05) is 50.1 Å². The molecule has 0 saturated carbocycles. The maximum atomic E-state index is 3.80. The molecule has 2 heteroatoms. The lowest BCUT2D eigenvalue weighted by molar-refractivity contribution is 0.177. The molecule has 1 heterocycles. The number of benzene rings is 1. The van der Waals surface area contributed by atoms with Gasteiger partial charge >= 0.3 is 0 Å². The van der Waals surface area contributed by atoms with E-state index in [2.05, 4.69) is 54.5 Å². The second-order valence-electron chi connectivity index (χ2n) is 5.79. The van der Waals surface area contributed by atoms with Gasteiger partial charge < -0.3 is 10.2 Å². The summed E-state index contributed by atoms with van der Waals surface area (Å²) in [6.45, 7) is 4.65. The number of likely N-dealkylation sites (N-methyl/N-ethyl adjacent to an activating group) is 1. The largest absolute Gasteiger partial charge is 0.308 e. The van der Waals surface area contributed by atoms with E-state index in [9.17, 15) is 0 Å². The average Bonchev–Trinajstić information content (AvgIpc) is 2.46. The summed E-state index contributed by atoms with van der Waals surface area (Å²) < 4.78 is 0. The Morgan fingerprint density at radius 1 is 1.26 bits per heavy atom. The SMILES string of the molecule is CCCC(NCC1CCCCN1C)c1ccccc1. The first-order valence-electron chi connectivity index (χ1n) is 7.80. The topological polar surface area (TPSA) is 15.3 Å². The predicted molar refractivity (Wildman–Crippen MR) is 82.4 cm³/mol. The Kier molecular flexibility index (Phi) is 5.87. The normalized spacial score (nSPS) is 22.3. The lowest BCUT2D eigenvalue weighted by atomic mass is 9.99. The van der Waals surface area contributed by atoms with E-state index in [4.69, 9.17) is 0 Å². The Bertz CT molecular complexity index is 350. The van der Waals surface area contributed by atoms with Crippen LogP contribution in [0.5, 0.6) is 0 Å². The highest BCUT2D eigenvalue weighted by Gasteiger charge is 2.20. The lowest BCUT2D eigenvalue weighted by Gasteiger charge is -2.34. The molecule has 1 N–H and O–H groups in total. The van der Waals surface area contributed by atoms with Gasteiger partial charge in [0.25, 0.3) is 0 Å². The van der Waals surface area contributed by atoms with Gasteiger partial charge in [0.2, 0.25) is 0 Å². The van der Waals surface area contributed by atoms with E-state index in [0.717, 1.165) is 12.6 Å². The maximum absolute atomic E-state index is 3.80. The van der Waals surface area contributed by atoms with Crippen LogP contribution < -0.4 is 5.32 Å². The molecule has 2 unspecified atom stereocenters. The zero-order chi connectivity index (χ0) is 13.5. The van der Waals surface area contributed by atoms with Gasteiger partial charge in [0.1, 0.15) is 0 Å². The fourth-order valence-electron chi connectivity index (χ4n) is 3.04. The van der Waals surface area contributed by atoms with Gasteiger partial charge in [-0.05, 0) is 38.4 Å². The third-order valence-electron chi connectivity index (χ3n) is 4.30. The van der Waals surface area contributed by atoms with Crippen LogP contribution in [0.25, 0.3) is 0 Å². The van der Waals surface area contributed by atoms with Crippen LogP contribution in [0.4, 0.5) is 0 Å². The van der Waals surface area contributed by atoms with Crippen LogP contribution in [0.1, 0.15) is 50.6 Å². The minimum atomic E-state index is 0.515. The third kappa shape index (κ3) is 4.32. The molecule has 2 rings (SSSR count). The van der Waals surface area contributed by atoms with Crippen LogP contribution in [0.2, 0.25) is 0 Å². The van der Waals surface area contributed by atoms with Crippen molar-refractivity contribution in [1.82, 2.24) is 10.2 Å². The summed E-state index contributed by atoms with van der Waals surface area (Å²) in [5.74, 6) is 0. The Hall–Kier alpha value is -0.860. The van der Waals surface area contributed by atoms with Gasteiger partial charge in [-0.25, -0.2) is 0 Å². The lowest BCUT2D eigenvalue weighted by Crippen LogP contribution is -2.43. The van der Waals surface area contributed by atoms with Crippen LogP contribution in [-0.2, 0) is 0 Å². The molecular weight excluding hydrogens is 232 g/mol. The van der Waals surface area contributed by atoms with E-state index < -0.39 is 0 Å². The molecule has 1 aromatic carbocycles. The number of rotatable bonds is 6. The molecule has 1 aliphatic rings. The van der Waals surface area contributed by atoms with Crippen LogP contribution >= 0.6 is 0 Å². The van der Waals surface area contributed by atoms with Crippen LogP contribution in [0.15, 0.2) is 30.3 Å². The Balaban J connectivity index is 1.90. The number of hydrogen-bond donors (Lipinski definition) is 1. The summed E-state index contributed by atoms with van der Waals surface area (Å²) in [6.07, 6.45) is 6.55. The molecule has 2 nitrogen and oxygen atoms in total. The monoisotopic (exact) mass is 260 g/mol. The quantitative estimate of drug-likeness (QED) is 0.840. The zero-order valence-electron chi connectivity index (χ0n) is 12.4. The van der Waals surface area contributed by atoms with Gasteiger partial charge in [-0.15, -0.1) is 0 Å². The van der Waals surface area contributed by atoms with Crippen molar-refractivity contribution in [2.45, 2.75) is 51.1 Å². The van der Waals surface area contributed by atoms with Crippen molar-refractivity contribution < 1.29 is 0 Å². The fourth-order valence-corrected chi connectivity index (χ4v) is 3.04. The van der Waals surface area contributed by atoms with Crippen molar-refractivity contribution in [3.05, 3.63) is 35.9 Å². The van der Waals surface area contributed by atoms with E-state index in [1.165, 1.54) is 44.2 Å². The van der Waals surface area contributed by atoms with Gasteiger partial charge in [0.15, 0.2) is 0 Å². The van der Waals surface area contributed by atoms with Gasteiger partial charge in [-0.3, -0.25) is 0 Å². The number of hydrogen-bond acceptors (Lipinski definition) is 2. The third-order valence-corrected chi connectivity index (χ3v) is 4.30. The highest BCUT2D eigenvalue weighted by molar-refractivity contribution is 5.18. The van der Waals surface area contributed by atoms with Crippen LogP contribution in [0.3, 0.4) is 0 Å². The first-order valence-corrected chi connectivity index (χ1v) is 7.80. The molecule has 2 atom stereocenters. The Morgan fingerprint density at radius 2 is 2.05 bits per heavy atom. The maximum Gasteiger partial charge on any atom is 0.0320 e. The van der Waals surface area contributed by atoms with Crippen LogP contribution in [-0.4, -0.2) is 31.1 Å². The molecule has 0 aromatic heterocycles. The molecular formula is C17H28N2. The first kappa shape index (κ1) is 14.5. The molecule has 0 radical (unpaired) electrons. The number of likely N-dealkylation sites (tertiary alicyclic amines) is 1. The molecule has 0 bridgehead atoms. The van der Waals surface area contributed by atoms with Crippen molar-refractivity contribution >= 4 is 0 Å². The summed E-state index contributed by atoms with van der Waals surface area (Å²) in [6, 6.07) is 12.1. The van der Waals surface area contributed by atoms with Crippen molar-refractivity contribution in [2.24, 2.45) is 0 Å². The minimum absolute atomic E-state index is 0.515. The summed E-state index contributed by atoms with van der Waals surface area (Å²) in [5.41, 5.74) is 1.43. The summed E-state index contributed by atoms with van der Waals surface area (Å²) in [4.78, 5) is 2.52. The Morgan fingerprint density at radius 3 is 2.74 bits per heavy atom. The van der Waals surface area contributed by atoms with Crippen molar-refractivity contribution in [2.75, 3.05) is 20.1 Å². The first-order chi connectivity index (χ1) is 9.31. The molecule has 1 aliphatic heterocycles. The smallest absolute Gasteiger partial charge is 0.0320 e. The number of nitrogens with zero attached hydrogens (tertiary/aromatic N) is 1. The summed E-state index contributed by atoms with van der Waals surface area (Å²) in [5, 5.41) is 3.80. The second-order valence-corrected chi connectivity index (χ2v) is 5.79. The predicted octanol–water partition coefficient (Wildman–Crippen LogP) is 3.60. The van der Waals surface area contributed by atoms with E-state index >= 15 is 0 Å². The molecule has 1 aromatic rings. The Labute approximate surface area is 118 Å². The molecule has 106 valence electrons. The van der Waals surface area contributed by atoms with E-state index in [0.29, 0.717) is 6.04 Å². The molecule has 1 saturated heterocycles. The molecule has 0 spiro atoms. The molecule has 1 fully saturated rings. The molecule has 0 aliphatic carbocycles. The minimum Gasteiger partial charge on any atom is -0.308 e. The zero-order valence-corrected chi connectivity index (χ0v) is 12.4. The van der Waals surface area contributed by atoms with Crippen molar-refractivity contribution in [3.63, 3.8) is 0 Å². The second kappa shape index (κ2) is 7.66. The number of piperidine rings is 1. The van der Waals surface area contributed by atoms with Crippen LogP contribution in [0, 0.1) is 0 Å². The average molecular weight is 260 g/mol. The summed E-state index contributed by atoms with van der Waals surface area (Å²) in [7, 11) is 2.27. The molecule has 19 heavy (non-hydrogen) atoms. The van der Waals surface area contributed by atoms with E-state index in [1.807, 2.05) is 0 Å². The van der Waals surface area contributed by atoms with E-state index in [1.54, 1.807) is 0 Å². The van der Waals surface area contributed by atoms with Gasteiger partial charge in [-0.2, -0.15) is 0 Å². The molecule has 0 amide bonds. The summed E-state index contributed by atoms with van der Waals surface area (Å²) >= 11 is 0. The highest BCUT2D eigenvalue weighted by Crippen LogP contribution is 2.20. The van der Waals surface area contributed by atoms with Gasteiger partial charge in [0, 0.05) is 18.6 Å². The van der Waals surface area contributed by atoms with Crippen molar-refractivity contribution in [3.8, 4) is 0 Å². The van der Waals surface area contributed by atoms with Crippen molar-refractivity contribution in [1.29, 1.82) is 0 Å².